The van der Waals surface area contributed by atoms with Gasteiger partial charge in [0, 0.05) is 73.3 Å². The topological polar surface area (TPSA) is 84.5 Å². The number of para-hydroxylation sites is 4. The largest absolute Gasteiger partial charge is 0.356 e. The number of thioether (sulfide) groups is 2. The Morgan fingerprint density at radius 1 is 0.667 bits per heavy atom. The molecule has 0 atom stereocenters. The van der Waals surface area contributed by atoms with Crippen LogP contribution in [0, 0.1) is 0 Å². The van der Waals surface area contributed by atoms with E-state index >= 15 is 0 Å². The number of aromatic nitrogens is 2. The molecule has 0 spiro atoms. The van der Waals surface area contributed by atoms with Crippen molar-refractivity contribution in [3.05, 3.63) is 167 Å². The number of hydrogen-bond donors (Lipinski definition) is 3. The van der Waals surface area contributed by atoms with Crippen LogP contribution in [-0.4, -0.2) is 63.4 Å². The Kier molecular flexibility index (Phi) is 21.6. The van der Waals surface area contributed by atoms with Crippen molar-refractivity contribution in [1.82, 2.24) is 15.5 Å². The van der Waals surface area contributed by atoms with Crippen LogP contribution in [0.2, 0.25) is 0 Å². The van der Waals surface area contributed by atoms with Crippen LogP contribution in [0.5, 0.6) is 0 Å². The maximum Gasteiger partial charge on any atom is 0.219 e. The van der Waals surface area contributed by atoms with Crippen LogP contribution in [0.4, 0.5) is 11.4 Å². The predicted octanol–water partition coefficient (Wildman–Crippen LogP) is 12.6. The molecule has 0 fully saturated rings. The summed E-state index contributed by atoms with van der Waals surface area (Å²) in [5.74, 6) is 0.507. The molecule has 4 aromatic carbocycles. The van der Waals surface area contributed by atoms with Gasteiger partial charge in [0.1, 0.15) is 18.9 Å². The Hall–Kier alpha value is -5.98. The van der Waals surface area contributed by atoms with Gasteiger partial charge in [-0.1, -0.05) is 110 Å². The number of hydrogen-bond acceptors (Lipinski definition) is 8. The molecule has 0 saturated heterocycles. The lowest BCUT2D eigenvalue weighted by atomic mass is 10.1. The monoisotopic (exact) mass is 1000 g/mol. The summed E-state index contributed by atoms with van der Waals surface area (Å²) in [7, 11) is 4.23. The van der Waals surface area contributed by atoms with E-state index in [1.165, 1.54) is 59.1 Å². The number of rotatable bonds is 25. The molecule has 2 aromatic heterocycles. The molecule has 8 rings (SSSR count). The van der Waals surface area contributed by atoms with Gasteiger partial charge in [0.2, 0.25) is 16.9 Å². The van der Waals surface area contributed by atoms with E-state index in [1.54, 1.807) is 11.8 Å². The lowest BCUT2D eigenvalue weighted by Gasteiger charge is -2.13. The van der Waals surface area contributed by atoms with Crippen LogP contribution in [-0.2, 0) is 22.7 Å². The number of aryl methyl sites for hydroxylation is 2. The van der Waals surface area contributed by atoms with E-state index in [0.29, 0.717) is 25.2 Å². The van der Waals surface area contributed by atoms with Gasteiger partial charge >= 0.3 is 0 Å². The number of allylic oxidation sites excluding steroid dienone is 4. The summed E-state index contributed by atoms with van der Waals surface area (Å²) in [6.07, 6.45) is 26.9. The molecule has 0 radical (unpaired) electrons. The quantitative estimate of drug-likeness (QED) is 0.0386. The first kappa shape index (κ1) is 53.8. The second kappa shape index (κ2) is 28.9. The number of benzene rings is 4. The fourth-order valence-corrected chi connectivity index (χ4v) is 10.9. The zero-order valence-corrected chi connectivity index (χ0v) is 44.6. The number of pyridine rings is 2. The third kappa shape index (κ3) is 16.0. The molecular weight excluding hydrogens is 927 g/mol. The smallest absolute Gasteiger partial charge is 0.219 e. The van der Waals surface area contributed by atoms with Crippen molar-refractivity contribution < 1.29 is 18.7 Å². The molecule has 2 aliphatic rings. The molecule has 6 aromatic rings. The standard InChI is InChI=1S/C31H38N4OS.C30H36N3OS/c1-3-34(2)22-12-21-32-30(36)18-5-4-10-23-35-24-20-25(26-14-6-8-16-28(26)35)13-11-19-31-33-27-15-7-9-17-29(27)37-31;1-3-20-31-23-25(34)13-5-4-10-21-33-22-19-24(26-14-6-7-15-27(26)33)12-11-18-30-32(2)28-16-8-9-17-29(28)35-30/h6-9,11,13-17,19-20,24H,3-5,10,12,18,21-23H2,1-2H3,(H,32,36);6-9,11-12,14-19,22,31H,3-5,10,13,20-21,23H2,1-2H3/q;+1/p+1. The lowest BCUT2D eigenvalue weighted by molar-refractivity contribution is -0.672. The SMILES string of the molecule is CCCNCC(=O)CCCCC[n+]1ccc(C=CC=C2Sc3ccccc3N2C)c2ccccc21.CCN(C)CCCNC(=O)CCCCC[n+]1ccc(C=CC=C2Nc3ccccc3S2)c2ccccc21. The number of anilines is 2. The molecule has 0 aliphatic carbocycles. The minimum absolute atomic E-state index is 0.179. The van der Waals surface area contributed by atoms with Crippen LogP contribution in [0.1, 0.15) is 89.2 Å². The van der Waals surface area contributed by atoms with Crippen LogP contribution in [0.3, 0.4) is 0 Å². The number of amides is 1. The maximum atomic E-state index is 12.1. The average molecular weight is 1000 g/mol. The van der Waals surface area contributed by atoms with Gasteiger partial charge in [0.25, 0.3) is 0 Å². The highest BCUT2D eigenvalue weighted by Crippen LogP contribution is 2.44. The highest BCUT2D eigenvalue weighted by molar-refractivity contribution is 8.04. The Morgan fingerprint density at radius 3 is 1.93 bits per heavy atom. The first-order valence-corrected chi connectivity index (χ1v) is 27.8. The van der Waals surface area contributed by atoms with E-state index in [1.807, 2.05) is 11.8 Å². The summed E-state index contributed by atoms with van der Waals surface area (Å²) in [6.45, 7) is 10.5. The molecule has 9 nitrogen and oxygen atoms in total. The third-order valence-corrected chi connectivity index (χ3v) is 15.3. The van der Waals surface area contributed by atoms with E-state index < -0.39 is 0 Å². The Labute approximate surface area is 437 Å². The third-order valence-electron chi connectivity index (χ3n) is 13.1. The number of nitrogens with zero attached hydrogens (tertiary/aromatic N) is 4. The summed E-state index contributed by atoms with van der Waals surface area (Å²) in [6, 6.07) is 38.5. The number of unbranched alkanes of at least 4 members (excludes halogenated alkanes) is 4. The molecule has 1 amide bonds. The first-order chi connectivity index (χ1) is 35.3. The summed E-state index contributed by atoms with van der Waals surface area (Å²) in [4.78, 5) is 31.1. The highest BCUT2D eigenvalue weighted by atomic mass is 32.2. The van der Waals surface area contributed by atoms with Gasteiger partial charge in [-0.25, -0.2) is 0 Å². The Balaban J connectivity index is 0.000000212. The van der Waals surface area contributed by atoms with Crippen molar-refractivity contribution in [2.24, 2.45) is 0 Å². The number of nitrogens with one attached hydrogen (secondary N) is 3. The molecule has 3 N–H and O–H groups in total. The maximum absolute atomic E-state index is 12.1. The van der Waals surface area contributed by atoms with Crippen LogP contribution < -0.4 is 30.0 Å². The molecule has 11 heteroatoms. The van der Waals surface area contributed by atoms with Gasteiger partial charge in [-0.05, 0) is 125 Å². The molecule has 2 aliphatic heterocycles. The summed E-state index contributed by atoms with van der Waals surface area (Å²) in [5.41, 5.74) is 7.37. The minimum atomic E-state index is 0.179. The lowest BCUT2D eigenvalue weighted by Crippen LogP contribution is -2.34. The van der Waals surface area contributed by atoms with E-state index in [4.69, 9.17) is 0 Å². The van der Waals surface area contributed by atoms with Gasteiger partial charge in [-0.15, -0.1) is 0 Å². The van der Waals surface area contributed by atoms with Crippen molar-refractivity contribution in [2.45, 2.75) is 101 Å². The normalized spacial score (nSPS) is 14.2. The molecule has 0 unspecified atom stereocenters. The zero-order chi connectivity index (χ0) is 50.3. The zero-order valence-electron chi connectivity index (χ0n) is 43.0. The number of ketones is 1. The van der Waals surface area contributed by atoms with Gasteiger partial charge in [0.15, 0.2) is 12.4 Å². The van der Waals surface area contributed by atoms with Gasteiger partial charge in [-0.3, -0.25) is 9.59 Å². The van der Waals surface area contributed by atoms with Gasteiger partial charge in [-0.2, -0.15) is 9.13 Å². The van der Waals surface area contributed by atoms with E-state index in [0.717, 1.165) is 95.7 Å². The van der Waals surface area contributed by atoms with Crippen molar-refractivity contribution in [2.75, 3.05) is 57.0 Å². The number of carbonyl (C=O) groups excluding carboxylic acids is 2. The van der Waals surface area contributed by atoms with Crippen molar-refractivity contribution in [3.8, 4) is 0 Å². The predicted molar refractivity (Wildman–Crippen MR) is 305 cm³/mol. The highest BCUT2D eigenvalue weighted by Gasteiger charge is 2.21. The second-order valence-corrected chi connectivity index (χ2v) is 20.7. The van der Waals surface area contributed by atoms with Gasteiger partial charge in [0.05, 0.1) is 38.8 Å². The summed E-state index contributed by atoms with van der Waals surface area (Å²) in [5, 5.41) is 14.6. The Bertz CT molecular complexity index is 2830. The van der Waals surface area contributed by atoms with Crippen molar-refractivity contribution in [3.63, 3.8) is 0 Å². The van der Waals surface area contributed by atoms with Gasteiger partial charge < -0.3 is 25.8 Å². The fourth-order valence-electron chi connectivity index (χ4n) is 8.89. The summed E-state index contributed by atoms with van der Waals surface area (Å²) < 4.78 is 4.67. The first-order valence-electron chi connectivity index (χ1n) is 26.1. The average Bonchev–Trinajstić information content (AvgIpc) is 3.97. The van der Waals surface area contributed by atoms with Crippen molar-refractivity contribution >= 4 is 80.5 Å². The molecular formula is C61H75N7O2S2+2. The van der Waals surface area contributed by atoms with Crippen LogP contribution in [0.15, 0.2) is 166 Å². The molecule has 4 heterocycles. The molecule has 0 bridgehead atoms. The van der Waals surface area contributed by atoms with E-state index in [-0.39, 0.29) is 5.91 Å². The van der Waals surface area contributed by atoms with Crippen LogP contribution in [0.25, 0.3) is 34.0 Å². The molecule has 72 heavy (non-hydrogen) atoms. The minimum Gasteiger partial charge on any atom is -0.356 e. The number of Topliss-reactive ketones (excluding diaryl/α,β-unsaturated/α-hetero) is 1. The molecule has 376 valence electrons. The Morgan fingerprint density at radius 2 is 1.28 bits per heavy atom. The molecule has 0 saturated carbocycles. The number of carbonyl (C=O) groups is 2. The fraction of sp³-hybridized carbons (Fsp3) is 0.344. The van der Waals surface area contributed by atoms with E-state index in [2.05, 4.69) is 221 Å². The summed E-state index contributed by atoms with van der Waals surface area (Å²) >= 11 is 3.58. The van der Waals surface area contributed by atoms with Crippen molar-refractivity contribution in [1.29, 1.82) is 0 Å². The second-order valence-electron chi connectivity index (χ2n) is 18.5. The number of fused-ring (bicyclic) bond motifs is 4. The van der Waals surface area contributed by atoms with E-state index in [9.17, 15) is 9.59 Å². The van der Waals surface area contributed by atoms with Crippen LogP contribution >= 0.6 is 23.5 Å².